The zero-order valence-corrected chi connectivity index (χ0v) is 20.9. The Hall–Kier alpha value is -3.19. The fraction of sp³-hybridized carbons (Fsp3) is 0.367. The SMILES string of the molecule is C[N+]1(CCOCCOc2ccccc2)CCC[C@@H]1COC(=O)C(O)(c1ccccc1)c1ccccc1. The molecule has 1 heterocycles. The first kappa shape index (κ1) is 25.9. The summed E-state index contributed by atoms with van der Waals surface area (Å²) in [5.74, 6) is 0.195. The molecule has 3 aromatic rings. The van der Waals surface area contributed by atoms with Crippen molar-refractivity contribution in [3.63, 3.8) is 0 Å². The maximum Gasteiger partial charge on any atom is 0.347 e. The molecule has 4 rings (SSSR count). The Morgan fingerprint density at radius 1 is 0.889 bits per heavy atom. The van der Waals surface area contributed by atoms with Crippen molar-refractivity contribution < 1.29 is 28.6 Å². The molecule has 3 aromatic carbocycles. The molecule has 1 saturated heterocycles. The Kier molecular flexibility index (Phi) is 8.75. The molecule has 0 aliphatic carbocycles. The molecule has 6 heteroatoms. The second-order valence-electron chi connectivity index (χ2n) is 9.54. The lowest BCUT2D eigenvalue weighted by Crippen LogP contribution is -2.52. The van der Waals surface area contributed by atoms with Gasteiger partial charge in [0.05, 0.1) is 26.8 Å². The summed E-state index contributed by atoms with van der Waals surface area (Å²) < 4.78 is 18.1. The van der Waals surface area contributed by atoms with Crippen LogP contribution in [0.4, 0.5) is 0 Å². The topological polar surface area (TPSA) is 65.0 Å². The van der Waals surface area contributed by atoms with Gasteiger partial charge in [0.2, 0.25) is 5.60 Å². The van der Waals surface area contributed by atoms with E-state index in [4.69, 9.17) is 14.2 Å². The second-order valence-corrected chi connectivity index (χ2v) is 9.54. The summed E-state index contributed by atoms with van der Waals surface area (Å²) in [6.07, 6.45) is 2.04. The normalized spacial score (nSPS) is 19.7. The number of likely N-dealkylation sites (tertiary alicyclic amines) is 1. The van der Waals surface area contributed by atoms with Gasteiger partial charge in [0.25, 0.3) is 0 Å². The van der Waals surface area contributed by atoms with Crippen LogP contribution in [0.3, 0.4) is 0 Å². The van der Waals surface area contributed by atoms with Crippen LogP contribution in [0.1, 0.15) is 24.0 Å². The predicted molar refractivity (Wildman–Crippen MR) is 139 cm³/mol. The lowest BCUT2D eigenvalue weighted by molar-refractivity contribution is -0.921. The van der Waals surface area contributed by atoms with E-state index in [1.165, 1.54) is 0 Å². The van der Waals surface area contributed by atoms with E-state index >= 15 is 0 Å². The van der Waals surface area contributed by atoms with Crippen molar-refractivity contribution >= 4 is 5.97 Å². The molecule has 0 amide bonds. The number of carbonyl (C=O) groups is 1. The van der Waals surface area contributed by atoms with Crippen molar-refractivity contribution in [2.75, 3.05) is 46.6 Å². The lowest BCUT2D eigenvalue weighted by atomic mass is 9.86. The van der Waals surface area contributed by atoms with Crippen LogP contribution in [0.5, 0.6) is 5.75 Å². The molecule has 0 spiro atoms. The van der Waals surface area contributed by atoms with Crippen LogP contribution in [-0.2, 0) is 19.9 Å². The highest BCUT2D eigenvalue weighted by Gasteiger charge is 2.44. The average molecular weight is 491 g/mol. The summed E-state index contributed by atoms with van der Waals surface area (Å²) in [6, 6.07) is 27.8. The van der Waals surface area contributed by atoms with Gasteiger partial charge in [-0.3, -0.25) is 0 Å². The number of likely N-dealkylation sites (N-methyl/N-ethyl adjacent to an activating group) is 1. The standard InChI is InChI=1S/C30H36NO5/c1-31(20-21-34-22-23-35-28-17-9-4-10-18-28)19-11-16-27(31)24-36-29(32)30(33,25-12-5-2-6-13-25)26-14-7-3-8-15-26/h2-10,12-15,17-18,27,33H,11,16,19-24H2,1H3/q+1/t27-,31?/m1/s1. The van der Waals surface area contributed by atoms with Gasteiger partial charge in [-0.1, -0.05) is 78.9 Å². The summed E-state index contributed by atoms with van der Waals surface area (Å²) in [6.45, 7) is 3.73. The molecule has 36 heavy (non-hydrogen) atoms. The highest BCUT2D eigenvalue weighted by atomic mass is 16.6. The molecule has 0 saturated carbocycles. The molecule has 1 aliphatic heterocycles. The van der Waals surface area contributed by atoms with Crippen molar-refractivity contribution in [1.82, 2.24) is 0 Å². The Morgan fingerprint density at radius 3 is 2.08 bits per heavy atom. The van der Waals surface area contributed by atoms with E-state index in [0.29, 0.717) is 30.9 Å². The van der Waals surface area contributed by atoms with Gasteiger partial charge in [-0.05, 0) is 23.3 Å². The Morgan fingerprint density at radius 2 is 1.47 bits per heavy atom. The first-order valence-corrected chi connectivity index (χ1v) is 12.6. The van der Waals surface area contributed by atoms with Crippen LogP contribution in [0.15, 0.2) is 91.0 Å². The molecule has 1 unspecified atom stereocenters. The zero-order valence-electron chi connectivity index (χ0n) is 20.9. The monoisotopic (exact) mass is 490 g/mol. The molecule has 6 nitrogen and oxygen atoms in total. The van der Waals surface area contributed by atoms with E-state index in [-0.39, 0.29) is 12.6 Å². The van der Waals surface area contributed by atoms with Crippen molar-refractivity contribution in [3.8, 4) is 5.75 Å². The predicted octanol–water partition coefficient (Wildman–Crippen LogP) is 4.17. The quantitative estimate of drug-likeness (QED) is 0.235. The third-order valence-corrected chi connectivity index (χ3v) is 7.16. The number of benzene rings is 3. The number of carbonyl (C=O) groups excluding carboxylic acids is 1. The maximum absolute atomic E-state index is 13.4. The van der Waals surface area contributed by atoms with Crippen LogP contribution in [0.2, 0.25) is 0 Å². The van der Waals surface area contributed by atoms with E-state index in [9.17, 15) is 9.90 Å². The first-order valence-electron chi connectivity index (χ1n) is 12.6. The highest BCUT2D eigenvalue weighted by Crippen LogP contribution is 2.32. The largest absolute Gasteiger partial charge is 0.491 e. The van der Waals surface area contributed by atoms with E-state index in [2.05, 4.69) is 7.05 Å². The Labute approximate surface area is 213 Å². The summed E-state index contributed by atoms with van der Waals surface area (Å²) in [4.78, 5) is 13.4. The zero-order chi connectivity index (χ0) is 25.3. The van der Waals surface area contributed by atoms with Crippen LogP contribution in [0, 0.1) is 0 Å². The second kappa shape index (κ2) is 12.2. The summed E-state index contributed by atoms with van der Waals surface area (Å²) in [7, 11) is 2.19. The van der Waals surface area contributed by atoms with E-state index < -0.39 is 11.6 Å². The van der Waals surface area contributed by atoms with Crippen LogP contribution >= 0.6 is 0 Å². The van der Waals surface area contributed by atoms with Gasteiger partial charge in [0.1, 0.15) is 31.5 Å². The fourth-order valence-corrected chi connectivity index (χ4v) is 4.89. The first-order chi connectivity index (χ1) is 17.5. The van der Waals surface area contributed by atoms with Gasteiger partial charge >= 0.3 is 5.97 Å². The molecule has 0 aromatic heterocycles. The van der Waals surface area contributed by atoms with Crippen LogP contribution in [-0.4, -0.2) is 68.2 Å². The Bertz CT molecular complexity index is 1040. The van der Waals surface area contributed by atoms with E-state index in [0.717, 1.165) is 36.2 Å². The lowest BCUT2D eigenvalue weighted by Gasteiger charge is -2.36. The number of hydrogen-bond donors (Lipinski definition) is 1. The summed E-state index contributed by atoms with van der Waals surface area (Å²) in [5.41, 5.74) is -0.862. The number of hydrogen-bond acceptors (Lipinski definition) is 5. The highest BCUT2D eigenvalue weighted by molar-refractivity contribution is 5.85. The molecule has 190 valence electrons. The van der Waals surface area contributed by atoms with Gasteiger partial charge < -0.3 is 23.8 Å². The van der Waals surface area contributed by atoms with E-state index in [1.807, 2.05) is 66.7 Å². The minimum absolute atomic E-state index is 0.161. The number of esters is 1. The minimum atomic E-state index is -1.85. The molecule has 0 radical (unpaired) electrons. The van der Waals surface area contributed by atoms with Gasteiger partial charge in [-0.2, -0.15) is 0 Å². The van der Waals surface area contributed by atoms with Gasteiger partial charge in [-0.15, -0.1) is 0 Å². The number of rotatable bonds is 12. The average Bonchev–Trinajstić information content (AvgIpc) is 3.30. The number of ether oxygens (including phenoxy) is 3. The minimum Gasteiger partial charge on any atom is -0.491 e. The van der Waals surface area contributed by atoms with Crippen molar-refractivity contribution in [2.45, 2.75) is 24.5 Å². The molecular weight excluding hydrogens is 454 g/mol. The van der Waals surface area contributed by atoms with Crippen LogP contribution in [0.25, 0.3) is 0 Å². The number of aliphatic hydroxyl groups is 1. The number of para-hydroxylation sites is 1. The van der Waals surface area contributed by atoms with E-state index in [1.54, 1.807) is 24.3 Å². The fourth-order valence-electron chi connectivity index (χ4n) is 4.89. The van der Waals surface area contributed by atoms with Crippen molar-refractivity contribution in [2.24, 2.45) is 0 Å². The molecule has 0 bridgehead atoms. The van der Waals surface area contributed by atoms with Gasteiger partial charge in [-0.25, -0.2) is 4.79 Å². The van der Waals surface area contributed by atoms with Crippen molar-refractivity contribution in [1.29, 1.82) is 0 Å². The maximum atomic E-state index is 13.4. The van der Waals surface area contributed by atoms with Crippen molar-refractivity contribution in [3.05, 3.63) is 102 Å². The van der Waals surface area contributed by atoms with Gasteiger partial charge in [0, 0.05) is 12.8 Å². The van der Waals surface area contributed by atoms with Gasteiger partial charge in [0.15, 0.2) is 0 Å². The third-order valence-electron chi connectivity index (χ3n) is 7.16. The molecule has 1 aliphatic rings. The molecule has 1 N–H and O–H groups in total. The Balaban J connectivity index is 1.31. The summed E-state index contributed by atoms with van der Waals surface area (Å²) in [5, 5.41) is 11.6. The number of nitrogens with zero attached hydrogens (tertiary/aromatic N) is 1. The molecule has 2 atom stereocenters. The molecule has 1 fully saturated rings. The molecular formula is C30H36NO5+. The summed E-state index contributed by atoms with van der Waals surface area (Å²) >= 11 is 0. The smallest absolute Gasteiger partial charge is 0.347 e. The third kappa shape index (κ3) is 6.13. The van der Waals surface area contributed by atoms with Crippen LogP contribution < -0.4 is 4.74 Å². The number of quaternary nitrogens is 1.